The number of fused-ring (bicyclic) bond motifs is 8. The molecule has 0 aliphatic heterocycles. The van der Waals surface area contributed by atoms with Gasteiger partial charge in [0.1, 0.15) is 0 Å². The van der Waals surface area contributed by atoms with Crippen molar-refractivity contribution in [1.82, 2.24) is 4.57 Å². The highest BCUT2D eigenvalue weighted by Crippen LogP contribution is 2.56. The Bertz CT molecular complexity index is 3330. The molecule has 62 heavy (non-hydrogen) atoms. The predicted octanol–water partition coefficient (Wildman–Crippen LogP) is 15.7. The molecule has 0 N–H and O–H groups in total. The first kappa shape index (κ1) is 36.5. The molecule has 1 heterocycles. The maximum absolute atomic E-state index is 3.74. The fourth-order valence-corrected chi connectivity index (χ4v) is 11.1. The van der Waals surface area contributed by atoms with Gasteiger partial charge in [0.25, 0.3) is 0 Å². The number of benzene rings is 7. The van der Waals surface area contributed by atoms with Crippen molar-refractivity contribution in [2.75, 3.05) is 4.90 Å². The summed E-state index contributed by atoms with van der Waals surface area (Å²) in [6, 6.07) is 72.0. The van der Waals surface area contributed by atoms with Crippen LogP contribution in [-0.2, 0) is 10.8 Å². The molecule has 9 aromatic rings. The number of hydrogen-bond donors (Lipinski definition) is 0. The SMILES string of the molecule is CC1(C)C2=C(CCC(c3ccccc3N(c3c#cc(-c4ccc5c(c4)c4ccccc4n5-c4ccccc4)cc3)c3cccc4c3-c3ccccc3C4(C)C)=C2)c2ccccc21. The summed E-state index contributed by atoms with van der Waals surface area (Å²) in [6.07, 6.45) is 4.53. The van der Waals surface area contributed by atoms with Crippen molar-refractivity contribution in [3.8, 4) is 27.9 Å². The lowest BCUT2D eigenvalue weighted by Crippen LogP contribution is -2.18. The van der Waals surface area contributed by atoms with Gasteiger partial charge in [-0.3, -0.25) is 0 Å². The molecule has 3 aliphatic carbocycles. The van der Waals surface area contributed by atoms with Gasteiger partial charge in [0.2, 0.25) is 0 Å². The molecule has 0 atom stereocenters. The highest BCUT2D eigenvalue weighted by molar-refractivity contribution is 6.10. The molecule has 0 saturated carbocycles. The Balaban J connectivity index is 1.02. The van der Waals surface area contributed by atoms with Gasteiger partial charge in [0, 0.05) is 44.0 Å². The van der Waals surface area contributed by atoms with Gasteiger partial charge < -0.3 is 9.47 Å². The van der Waals surface area contributed by atoms with Gasteiger partial charge in [0.15, 0.2) is 0 Å². The summed E-state index contributed by atoms with van der Waals surface area (Å²) in [5, 5.41) is 2.46. The monoisotopic (exact) mass is 794 g/mol. The van der Waals surface area contributed by atoms with Crippen LogP contribution in [0.3, 0.4) is 0 Å². The van der Waals surface area contributed by atoms with E-state index in [0.717, 1.165) is 46.7 Å². The van der Waals surface area contributed by atoms with E-state index in [1.54, 1.807) is 0 Å². The molecule has 296 valence electrons. The van der Waals surface area contributed by atoms with Gasteiger partial charge in [-0.25, -0.2) is 0 Å². The Morgan fingerprint density at radius 3 is 1.97 bits per heavy atom. The smallest absolute Gasteiger partial charge is 0.0974 e. The molecule has 1 aromatic heterocycles. The van der Waals surface area contributed by atoms with Gasteiger partial charge in [-0.2, -0.15) is 0 Å². The molecule has 12 rings (SSSR count). The fraction of sp³-hybridized carbons (Fsp3) is 0.133. The quantitative estimate of drug-likeness (QED) is 0.163. The Labute approximate surface area is 364 Å². The van der Waals surface area contributed by atoms with Gasteiger partial charge >= 0.3 is 0 Å². The van der Waals surface area contributed by atoms with E-state index in [0.29, 0.717) is 0 Å². The number of nitrogens with zero attached hydrogens (tertiary/aromatic N) is 2. The molecule has 2 nitrogen and oxygen atoms in total. The van der Waals surface area contributed by atoms with Gasteiger partial charge in [-0.05, 0) is 124 Å². The van der Waals surface area contributed by atoms with E-state index < -0.39 is 0 Å². The van der Waals surface area contributed by atoms with E-state index in [4.69, 9.17) is 0 Å². The molecular weight excluding hydrogens is 749 g/mol. The molecule has 0 saturated heterocycles. The predicted molar refractivity (Wildman–Crippen MR) is 260 cm³/mol. The first-order chi connectivity index (χ1) is 30.3. The van der Waals surface area contributed by atoms with Gasteiger partial charge in [-0.15, -0.1) is 0 Å². The summed E-state index contributed by atoms with van der Waals surface area (Å²) in [7, 11) is 0. The van der Waals surface area contributed by atoms with Crippen LogP contribution >= 0.6 is 0 Å². The molecule has 0 bridgehead atoms. The lowest BCUT2D eigenvalue weighted by Gasteiger charge is -2.31. The lowest BCUT2D eigenvalue weighted by molar-refractivity contribution is 0.652. The second-order valence-electron chi connectivity index (χ2n) is 18.3. The topological polar surface area (TPSA) is 8.17 Å². The number of rotatable bonds is 6. The van der Waals surface area contributed by atoms with Crippen LogP contribution in [0.4, 0.5) is 17.1 Å². The van der Waals surface area contributed by atoms with Crippen molar-refractivity contribution in [3.05, 3.63) is 228 Å². The summed E-state index contributed by atoms with van der Waals surface area (Å²) >= 11 is 0. The van der Waals surface area contributed by atoms with E-state index in [-0.39, 0.29) is 10.8 Å². The molecule has 3 aliphatic rings. The van der Waals surface area contributed by atoms with Crippen LogP contribution in [-0.4, -0.2) is 4.57 Å². The minimum absolute atomic E-state index is 0.0557. The van der Waals surface area contributed by atoms with E-state index in [1.807, 2.05) is 0 Å². The van der Waals surface area contributed by atoms with Gasteiger partial charge in [0.05, 0.1) is 28.1 Å². The molecule has 2 heteroatoms. The highest BCUT2D eigenvalue weighted by Gasteiger charge is 2.40. The van der Waals surface area contributed by atoms with Crippen molar-refractivity contribution >= 4 is 50.0 Å². The molecular formula is C60H46N2. The van der Waals surface area contributed by atoms with Crippen LogP contribution in [0.2, 0.25) is 0 Å². The van der Waals surface area contributed by atoms with E-state index >= 15 is 0 Å². The number of allylic oxidation sites excluding steroid dienone is 4. The van der Waals surface area contributed by atoms with Gasteiger partial charge in [-0.1, -0.05) is 161 Å². The minimum atomic E-state index is -0.132. The molecule has 0 amide bonds. The third-order valence-corrected chi connectivity index (χ3v) is 14.2. The largest absolute Gasteiger partial charge is 0.309 e. The second-order valence-corrected chi connectivity index (χ2v) is 18.3. The van der Waals surface area contributed by atoms with Crippen LogP contribution in [0.25, 0.3) is 60.9 Å². The normalized spacial score (nSPS) is 15.5. The zero-order valence-electron chi connectivity index (χ0n) is 35.6. The maximum Gasteiger partial charge on any atom is 0.0974 e. The highest BCUT2D eigenvalue weighted by atomic mass is 15.1. The Morgan fingerprint density at radius 2 is 1.16 bits per heavy atom. The first-order valence-electron chi connectivity index (χ1n) is 22.0. The van der Waals surface area contributed by atoms with E-state index in [2.05, 4.69) is 231 Å². The fourth-order valence-electron chi connectivity index (χ4n) is 11.1. The standard InChI is InChI=1S/C60H46N2/c1-59(2)51-24-13-9-22-48(51)58-52(59)25-16-28-57(58)62(54-26-14-10-19-44(54)41-31-35-46-45-20-8-12-23-50(45)60(3,4)53(46)38-41)43-33-29-39(30-34-43)40-32-36-56-49(37-40)47-21-11-15-27-55(47)61(56)42-17-6-5-7-18-42/h5-29,32-33,36-38H,31,35H2,1-4H3. The third kappa shape index (κ3) is 5.31. The van der Waals surface area contributed by atoms with Crippen LogP contribution in [0, 0.1) is 12.1 Å². The zero-order valence-corrected chi connectivity index (χ0v) is 35.6. The van der Waals surface area contributed by atoms with Crippen LogP contribution < -0.4 is 4.90 Å². The zero-order chi connectivity index (χ0) is 41.7. The van der Waals surface area contributed by atoms with Crippen LogP contribution in [0.5, 0.6) is 0 Å². The first-order valence-corrected chi connectivity index (χ1v) is 22.0. The van der Waals surface area contributed by atoms with Crippen molar-refractivity contribution < 1.29 is 0 Å². The number of hydrogen-bond acceptors (Lipinski definition) is 1. The van der Waals surface area contributed by atoms with Crippen molar-refractivity contribution in [2.24, 2.45) is 0 Å². The lowest BCUT2D eigenvalue weighted by atomic mass is 9.78. The second kappa shape index (κ2) is 13.6. The van der Waals surface area contributed by atoms with Crippen molar-refractivity contribution in [2.45, 2.75) is 51.4 Å². The van der Waals surface area contributed by atoms with Crippen molar-refractivity contribution in [3.63, 3.8) is 0 Å². The molecule has 8 aromatic carbocycles. The average Bonchev–Trinajstić information content (AvgIpc) is 3.86. The summed E-state index contributed by atoms with van der Waals surface area (Å²) < 4.78 is 2.37. The Morgan fingerprint density at radius 1 is 0.500 bits per heavy atom. The summed E-state index contributed by atoms with van der Waals surface area (Å²) in [5.41, 5.74) is 22.5. The molecule has 0 radical (unpaired) electrons. The average molecular weight is 795 g/mol. The molecule has 0 unspecified atom stereocenters. The Hall–Kier alpha value is -7.34. The third-order valence-electron chi connectivity index (χ3n) is 14.2. The van der Waals surface area contributed by atoms with Crippen LogP contribution in [0.15, 0.2) is 188 Å². The maximum atomic E-state index is 3.74. The van der Waals surface area contributed by atoms with Crippen molar-refractivity contribution in [1.29, 1.82) is 0 Å². The summed E-state index contributed by atoms with van der Waals surface area (Å²) in [6.45, 7) is 9.51. The summed E-state index contributed by atoms with van der Waals surface area (Å²) in [4.78, 5) is 2.46. The number of anilines is 3. The molecule has 0 spiro atoms. The molecule has 0 fully saturated rings. The number of para-hydroxylation sites is 3. The Kier molecular flexibility index (Phi) is 8.00. The number of aromatic nitrogens is 1. The van der Waals surface area contributed by atoms with Crippen LogP contribution in [0.1, 0.15) is 68.4 Å². The van der Waals surface area contributed by atoms with E-state index in [9.17, 15) is 0 Å². The summed E-state index contributed by atoms with van der Waals surface area (Å²) in [5.74, 6) is 0. The van der Waals surface area contributed by atoms with E-state index in [1.165, 1.54) is 77.5 Å². The minimum Gasteiger partial charge on any atom is -0.309 e.